The van der Waals surface area contributed by atoms with Crippen LogP contribution >= 0.6 is 11.6 Å². The van der Waals surface area contributed by atoms with Gasteiger partial charge in [0, 0.05) is 16.1 Å². The van der Waals surface area contributed by atoms with Crippen LogP contribution in [-0.2, 0) is 22.7 Å². The highest BCUT2D eigenvalue weighted by molar-refractivity contribution is 6.30. The van der Waals surface area contributed by atoms with Crippen molar-refractivity contribution >= 4 is 17.4 Å². The van der Waals surface area contributed by atoms with E-state index in [2.05, 4.69) is 0 Å². The molecular formula is C24H18ClFO5. The number of hydrogen-bond acceptors (Lipinski definition) is 5. The molecule has 0 spiro atoms. The second-order valence-electron chi connectivity index (χ2n) is 7.35. The normalized spacial score (nSPS) is 19.3. The molecule has 7 heteroatoms. The number of ketones is 1. The van der Waals surface area contributed by atoms with E-state index in [0.29, 0.717) is 28.7 Å². The molecule has 1 saturated heterocycles. The number of ether oxygens (including phenoxy) is 4. The monoisotopic (exact) mass is 440 g/mol. The quantitative estimate of drug-likeness (QED) is 0.387. The molecule has 0 saturated carbocycles. The Bertz CT molecular complexity index is 1130. The van der Waals surface area contributed by atoms with Gasteiger partial charge in [0.2, 0.25) is 0 Å². The summed E-state index contributed by atoms with van der Waals surface area (Å²) in [5, 5.41) is 0.502. The fourth-order valence-corrected chi connectivity index (χ4v) is 3.93. The molecule has 1 fully saturated rings. The fourth-order valence-electron chi connectivity index (χ4n) is 3.68. The molecule has 0 radical (unpaired) electrons. The number of carbonyl (C=O) groups excluding carboxylic acids is 1. The molecule has 0 aliphatic carbocycles. The summed E-state index contributed by atoms with van der Waals surface area (Å²) in [4.78, 5) is 13.2. The fraction of sp³-hybridized carbons (Fsp3) is 0.208. The predicted octanol–water partition coefficient (Wildman–Crippen LogP) is 5.25. The Morgan fingerprint density at radius 3 is 2.81 bits per heavy atom. The van der Waals surface area contributed by atoms with Crippen LogP contribution < -0.4 is 9.47 Å². The Balaban J connectivity index is 1.38. The van der Waals surface area contributed by atoms with Crippen molar-refractivity contribution in [2.24, 2.45) is 0 Å². The summed E-state index contributed by atoms with van der Waals surface area (Å²) in [6, 6.07) is 16.9. The third-order valence-electron chi connectivity index (χ3n) is 5.20. The highest BCUT2D eigenvalue weighted by atomic mass is 35.5. The SMILES string of the molecule is O=C(c1cc(F)ccc1OCc1ccccc1)C1OC1c1cc(Cl)cc2c1OCOC2. The lowest BCUT2D eigenvalue weighted by Gasteiger charge is -2.20. The van der Waals surface area contributed by atoms with E-state index in [-0.39, 0.29) is 24.7 Å². The van der Waals surface area contributed by atoms with Crippen LogP contribution in [0.15, 0.2) is 60.7 Å². The zero-order valence-electron chi connectivity index (χ0n) is 16.3. The van der Waals surface area contributed by atoms with E-state index in [1.807, 2.05) is 30.3 Å². The van der Waals surface area contributed by atoms with Crippen molar-refractivity contribution in [3.8, 4) is 11.5 Å². The largest absolute Gasteiger partial charge is 0.488 e. The molecule has 5 rings (SSSR count). The Kier molecular flexibility index (Phi) is 5.36. The van der Waals surface area contributed by atoms with Gasteiger partial charge in [0.1, 0.15) is 30.0 Å². The average molecular weight is 441 g/mol. The predicted molar refractivity (Wildman–Crippen MR) is 111 cm³/mol. The van der Waals surface area contributed by atoms with Crippen LogP contribution in [0.2, 0.25) is 5.02 Å². The minimum atomic E-state index is -0.769. The third-order valence-corrected chi connectivity index (χ3v) is 5.42. The minimum Gasteiger partial charge on any atom is -0.488 e. The molecule has 3 aromatic carbocycles. The van der Waals surface area contributed by atoms with Gasteiger partial charge in [-0.3, -0.25) is 4.79 Å². The Morgan fingerprint density at radius 2 is 1.97 bits per heavy atom. The Labute approximate surface area is 183 Å². The number of hydrogen-bond donors (Lipinski definition) is 0. The van der Waals surface area contributed by atoms with Crippen molar-refractivity contribution in [2.75, 3.05) is 6.79 Å². The standard InChI is InChI=1S/C24H18ClFO5/c25-16-8-15-12-28-13-30-22(15)19(9-16)23-24(31-23)21(27)18-10-17(26)6-7-20(18)29-11-14-4-2-1-3-5-14/h1-10,23-24H,11-13H2. The lowest BCUT2D eigenvalue weighted by atomic mass is 9.99. The third kappa shape index (κ3) is 4.14. The first-order valence-corrected chi connectivity index (χ1v) is 10.2. The van der Waals surface area contributed by atoms with Gasteiger partial charge in [0.25, 0.3) is 0 Å². The maximum atomic E-state index is 14.0. The summed E-state index contributed by atoms with van der Waals surface area (Å²) >= 11 is 6.22. The Hall–Kier alpha value is -2.93. The van der Waals surface area contributed by atoms with Gasteiger partial charge in [0.05, 0.1) is 12.2 Å². The average Bonchev–Trinajstić information content (AvgIpc) is 3.58. The molecule has 0 amide bonds. The molecule has 5 nitrogen and oxygen atoms in total. The smallest absolute Gasteiger partial charge is 0.198 e. The molecule has 0 aromatic heterocycles. The lowest BCUT2D eigenvalue weighted by Crippen LogP contribution is -2.15. The van der Waals surface area contributed by atoms with E-state index in [1.165, 1.54) is 18.2 Å². The summed E-state index contributed by atoms with van der Waals surface area (Å²) in [7, 11) is 0. The molecule has 0 N–H and O–H groups in total. The number of halogens is 2. The van der Waals surface area contributed by atoms with Gasteiger partial charge >= 0.3 is 0 Å². The number of fused-ring (bicyclic) bond motifs is 1. The number of Topliss-reactive ketones (excluding diaryl/α,β-unsaturated/α-hetero) is 1. The van der Waals surface area contributed by atoms with E-state index >= 15 is 0 Å². The summed E-state index contributed by atoms with van der Waals surface area (Å²) in [6.07, 6.45) is -1.29. The first-order chi connectivity index (χ1) is 15.1. The molecule has 3 aromatic rings. The summed E-state index contributed by atoms with van der Waals surface area (Å²) in [5.74, 6) is 0.0552. The van der Waals surface area contributed by atoms with Crippen LogP contribution in [0.5, 0.6) is 11.5 Å². The van der Waals surface area contributed by atoms with Gasteiger partial charge in [-0.15, -0.1) is 0 Å². The van der Waals surface area contributed by atoms with Gasteiger partial charge in [-0.1, -0.05) is 41.9 Å². The van der Waals surface area contributed by atoms with Crippen LogP contribution in [-0.4, -0.2) is 18.7 Å². The second kappa shape index (κ2) is 8.30. The van der Waals surface area contributed by atoms with Crippen molar-refractivity contribution in [1.82, 2.24) is 0 Å². The van der Waals surface area contributed by atoms with E-state index in [4.69, 9.17) is 30.5 Å². The maximum Gasteiger partial charge on any atom is 0.198 e. The molecule has 31 heavy (non-hydrogen) atoms. The van der Waals surface area contributed by atoms with E-state index in [1.54, 1.807) is 12.1 Å². The van der Waals surface area contributed by atoms with E-state index in [9.17, 15) is 9.18 Å². The van der Waals surface area contributed by atoms with Crippen LogP contribution in [0.3, 0.4) is 0 Å². The number of epoxide rings is 1. The molecule has 2 unspecified atom stereocenters. The first kappa shape index (κ1) is 20.0. The number of rotatable bonds is 6. The molecule has 2 heterocycles. The van der Waals surface area contributed by atoms with Crippen LogP contribution in [0.25, 0.3) is 0 Å². The van der Waals surface area contributed by atoms with Crippen molar-refractivity contribution in [3.63, 3.8) is 0 Å². The summed E-state index contributed by atoms with van der Waals surface area (Å²) < 4.78 is 36.4. The molecule has 2 atom stereocenters. The second-order valence-corrected chi connectivity index (χ2v) is 7.79. The number of benzene rings is 3. The lowest BCUT2D eigenvalue weighted by molar-refractivity contribution is -0.0172. The van der Waals surface area contributed by atoms with Crippen LogP contribution in [0.4, 0.5) is 4.39 Å². The van der Waals surface area contributed by atoms with Crippen molar-refractivity contribution in [1.29, 1.82) is 0 Å². The topological polar surface area (TPSA) is 57.3 Å². The van der Waals surface area contributed by atoms with Crippen LogP contribution in [0, 0.1) is 5.82 Å². The highest BCUT2D eigenvalue weighted by Crippen LogP contribution is 2.48. The summed E-state index contributed by atoms with van der Waals surface area (Å²) in [5.41, 5.74) is 2.57. The molecular weight excluding hydrogens is 423 g/mol. The zero-order valence-corrected chi connectivity index (χ0v) is 17.1. The minimum absolute atomic E-state index is 0.119. The van der Waals surface area contributed by atoms with Gasteiger partial charge in [-0.25, -0.2) is 4.39 Å². The first-order valence-electron chi connectivity index (χ1n) is 9.79. The van der Waals surface area contributed by atoms with Gasteiger partial charge in [-0.05, 0) is 35.9 Å². The molecule has 2 aliphatic heterocycles. The van der Waals surface area contributed by atoms with Crippen molar-refractivity contribution in [2.45, 2.75) is 25.4 Å². The van der Waals surface area contributed by atoms with Crippen LogP contribution in [0.1, 0.15) is 33.2 Å². The molecule has 2 aliphatic rings. The van der Waals surface area contributed by atoms with Crippen molar-refractivity contribution < 1.29 is 28.1 Å². The zero-order chi connectivity index (χ0) is 21.4. The van der Waals surface area contributed by atoms with Gasteiger partial charge < -0.3 is 18.9 Å². The van der Waals surface area contributed by atoms with E-state index in [0.717, 1.165) is 11.1 Å². The molecule has 0 bridgehead atoms. The Morgan fingerprint density at radius 1 is 1.13 bits per heavy atom. The summed E-state index contributed by atoms with van der Waals surface area (Å²) in [6.45, 7) is 0.751. The van der Waals surface area contributed by atoms with E-state index < -0.39 is 18.0 Å². The molecule has 158 valence electrons. The number of carbonyl (C=O) groups is 1. The van der Waals surface area contributed by atoms with Gasteiger partial charge in [0.15, 0.2) is 18.7 Å². The maximum absolute atomic E-state index is 14.0. The van der Waals surface area contributed by atoms with Gasteiger partial charge in [-0.2, -0.15) is 0 Å². The highest BCUT2D eigenvalue weighted by Gasteiger charge is 2.49. The van der Waals surface area contributed by atoms with Crippen molar-refractivity contribution in [3.05, 3.63) is 93.8 Å².